The summed E-state index contributed by atoms with van der Waals surface area (Å²) in [4.78, 5) is 14.2. The van der Waals surface area contributed by atoms with Crippen LogP contribution in [0.25, 0.3) is 0 Å². The van der Waals surface area contributed by atoms with E-state index in [9.17, 15) is 9.90 Å². The quantitative estimate of drug-likeness (QED) is 0.854. The summed E-state index contributed by atoms with van der Waals surface area (Å²) in [5, 5.41) is 10.00. The number of carboxylic acids is 1. The van der Waals surface area contributed by atoms with Crippen LogP contribution in [0, 0.1) is 5.92 Å². The van der Waals surface area contributed by atoms with Crippen LogP contribution in [-0.2, 0) is 10.2 Å². The zero-order valence-corrected chi connectivity index (χ0v) is 12.5. The maximum atomic E-state index is 12.2. The molecule has 1 aliphatic rings. The lowest BCUT2D eigenvalue weighted by molar-refractivity contribution is -0.146. The van der Waals surface area contributed by atoms with Crippen LogP contribution in [-0.4, -0.2) is 25.2 Å². The summed E-state index contributed by atoms with van der Waals surface area (Å²) in [5.41, 5.74) is 1.14. The second-order valence-electron chi connectivity index (χ2n) is 5.67. The van der Waals surface area contributed by atoms with Gasteiger partial charge in [0.1, 0.15) is 5.41 Å². The van der Waals surface area contributed by atoms with Crippen molar-refractivity contribution in [2.24, 2.45) is 5.92 Å². The van der Waals surface area contributed by atoms with Gasteiger partial charge in [-0.2, -0.15) is 0 Å². The van der Waals surface area contributed by atoms with Crippen molar-refractivity contribution in [3.63, 3.8) is 0 Å². The Morgan fingerprint density at radius 3 is 2.70 bits per heavy atom. The molecule has 2 rings (SSSR count). The number of hydrogen-bond donors (Lipinski definition) is 1. The second kappa shape index (κ2) is 5.70. The van der Waals surface area contributed by atoms with Gasteiger partial charge in [0.15, 0.2) is 0 Å². The number of hydrogen-bond acceptors (Lipinski definition) is 2. The SMILES string of the molecule is CC[C@@H]1C=CCC[C@]1(C(=O)O)c1ccccc1N(C)C. The van der Waals surface area contributed by atoms with E-state index in [4.69, 9.17) is 0 Å². The van der Waals surface area contributed by atoms with Gasteiger partial charge in [-0.25, -0.2) is 0 Å². The minimum absolute atomic E-state index is 0.0508. The van der Waals surface area contributed by atoms with Crippen LogP contribution in [0.3, 0.4) is 0 Å². The van der Waals surface area contributed by atoms with E-state index in [0.717, 1.165) is 24.1 Å². The Morgan fingerprint density at radius 1 is 1.40 bits per heavy atom. The molecule has 20 heavy (non-hydrogen) atoms. The number of aliphatic carboxylic acids is 1. The predicted molar refractivity (Wildman–Crippen MR) is 82.2 cm³/mol. The standard InChI is InChI=1S/C17H23NO2/c1-4-13-9-7-8-12-17(13,16(19)20)14-10-5-6-11-15(14)18(2)3/h5-7,9-11,13H,4,8,12H2,1-3H3,(H,19,20)/t13-,17-/m1/s1. The van der Waals surface area contributed by atoms with Crippen molar-refractivity contribution in [1.82, 2.24) is 0 Å². The summed E-state index contributed by atoms with van der Waals surface area (Å²) in [7, 11) is 3.93. The fraction of sp³-hybridized carbons (Fsp3) is 0.471. The van der Waals surface area contributed by atoms with E-state index >= 15 is 0 Å². The Morgan fingerprint density at radius 2 is 2.10 bits per heavy atom. The van der Waals surface area contributed by atoms with Gasteiger partial charge in [-0.15, -0.1) is 0 Å². The molecule has 0 heterocycles. The molecule has 3 heteroatoms. The van der Waals surface area contributed by atoms with Crippen LogP contribution >= 0.6 is 0 Å². The van der Waals surface area contributed by atoms with Crippen molar-refractivity contribution < 1.29 is 9.90 Å². The molecule has 1 aromatic rings. The molecule has 0 amide bonds. The van der Waals surface area contributed by atoms with Crippen LogP contribution < -0.4 is 4.90 Å². The van der Waals surface area contributed by atoms with Crippen LogP contribution in [0.5, 0.6) is 0 Å². The summed E-state index contributed by atoms with van der Waals surface area (Å²) in [6.45, 7) is 2.07. The average molecular weight is 273 g/mol. The highest BCUT2D eigenvalue weighted by atomic mass is 16.4. The number of nitrogens with zero attached hydrogens (tertiary/aromatic N) is 1. The van der Waals surface area contributed by atoms with E-state index < -0.39 is 11.4 Å². The third-order valence-corrected chi connectivity index (χ3v) is 4.39. The first-order valence-electron chi connectivity index (χ1n) is 7.21. The molecule has 0 aromatic heterocycles. The lowest BCUT2D eigenvalue weighted by atomic mass is 9.63. The van der Waals surface area contributed by atoms with Crippen molar-refractivity contribution in [3.8, 4) is 0 Å². The zero-order valence-electron chi connectivity index (χ0n) is 12.5. The van der Waals surface area contributed by atoms with Gasteiger partial charge < -0.3 is 10.0 Å². The van der Waals surface area contributed by atoms with Gasteiger partial charge in [0.25, 0.3) is 0 Å². The molecule has 0 fully saturated rings. The van der Waals surface area contributed by atoms with Gasteiger partial charge in [-0.1, -0.05) is 37.3 Å². The van der Waals surface area contributed by atoms with E-state index in [1.165, 1.54) is 0 Å². The zero-order chi connectivity index (χ0) is 14.8. The second-order valence-corrected chi connectivity index (χ2v) is 5.67. The monoisotopic (exact) mass is 273 g/mol. The van der Waals surface area contributed by atoms with Crippen molar-refractivity contribution in [2.45, 2.75) is 31.6 Å². The number of anilines is 1. The maximum Gasteiger partial charge on any atom is 0.314 e. The number of para-hydroxylation sites is 1. The Labute approximate surface area is 120 Å². The average Bonchev–Trinajstić information content (AvgIpc) is 2.46. The van der Waals surface area contributed by atoms with Crippen LogP contribution in [0.1, 0.15) is 31.7 Å². The molecule has 108 valence electrons. The molecule has 1 aliphatic carbocycles. The van der Waals surface area contributed by atoms with Crippen LogP contribution in [0.4, 0.5) is 5.69 Å². The van der Waals surface area contributed by atoms with E-state index in [2.05, 4.69) is 19.1 Å². The summed E-state index contributed by atoms with van der Waals surface area (Å²) >= 11 is 0. The molecule has 0 saturated heterocycles. The number of carbonyl (C=O) groups is 1. The molecule has 0 unspecified atom stereocenters. The minimum atomic E-state index is -0.801. The van der Waals surface area contributed by atoms with Crippen molar-refractivity contribution in [2.75, 3.05) is 19.0 Å². The Bertz CT molecular complexity index is 521. The molecular weight excluding hydrogens is 250 g/mol. The van der Waals surface area contributed by atoms with Gasteiger partial charge >= 0.3 is 5.97 Å². The number of rotatable bonds is 4. The van der Waals surface area contributed by atoms with Gasteiger partial charge in [-0.3, -0.25) is 4.79 Å². The van der Waals surface area contributed by atoms with Crippen LogP contribution in [0.2, 0.25) is 0 Å². The normalized spacial score (nSPS) is 25.4. The summed E-state index contributed by atoms with van der Waals surface area (Å²) < 4.78 is 0. The fourth-order valence-corrected chi connectivity index (χ4v) is 3.36. The molecule has 0 saturated carbocycles. The summed E-state index contributed by atoms with van der Waals surface area (Å²) in [6, 6.07) is 7.89. The lowest BCUT2D eigenvalue weighted by Crippen LogP contribution is -2.44. The molecule has 0 aliphatic heterocycles. The molecule has 0 radical (unpaired) electrons. The third-order valence-electron chi connectivity index (χ3n) is 4.39. The van der Waals surface area contributed by atoms with Gasteiger partial charge in [0.2, 0.25) is 0 Å². The Hall–Kier alpha value is -1.77. The van der Waals surface area contributed by atoms with Gasteiger partial charge in [-0.05, 0) is 36.8 Å². The van der Waals surface area contributed by atoms with E-state index in [1.54, 1.807) is 0 Å². The molecule has 1 N–H and O–H groups in total. The Balaban J connectivity index is 2.65. The van der Waals surface area contributed by atoms with Gasteiger partial charge in [0.05, 0.1) is 0 Å². The Kier molecular flexibility index (Phi) is 4.17. The van der Waals surface area contributed by atoms with Crippen molar-refractivity contribution in [1.29, 1.82) is 0 Å². The van der Waals surface area contributed by atoms with Gasteiger partial charge in [0, 0.05) is 19.8 Å². The highest BCUT2D eigenvalue weighted by molar-refractivity contribution is 5.85. The topological polar surface area (TPSA) is 40.5 Å². The first kappa shape index (κ1) is 14.6. The smallest absolute Gasteiger partial charge is 0.314 e. The molecular formula is C17H23NO2. The van der Waals surface area contributed by atoms with Crippen molar-refractivity contribution >= 4 is 11.7 Å². The minimum Gasteiger partial charge on any atom is -0.481 e. The predicted octanol–water partition coefficient (Wildman–Crippen LogP) is 3.45. The van der Waals surface area contributed by atoms with E-state index in [0.29, 0.717) is 6.42 Å². The van der Waals surface area contributed by atoms with Crippen LogP contribution in [0.15, 0.2) is 36.4 Å². The van der Waals surface area contributed by atoms with Crippen molar-refractivity contribution in [3.05, 3.63) is 42.0 Å². The largest absolute Gasteiger partial charge is 0.481 e. The number of carboxylic acid groups (broad SMARTS) is 1. The molecule has 1 aromatic carbocycles. The third kappa shape index (κ3) is 2.21. The maximum absolute atomic E-state index is 12.2. The molecule has 0 spiro atoms. The summed E-state index contributed by atoms with van der Waals surface area (Å²) in [6.07, 6.45) is 6.54. The first-order chi connectivity index (χ1) is 9.54. The molecule has 2 atom stereocenters. The highest BCUT2D eigenvalue weighted by Gasteiger charge is 2.47. The van der Waals surface area contributed by atoms with E-state index in [-0.39, 0.29) is 5.92 Å². The summed E-state index contributed by atoms with van der Waals surface area (Å²) in [5.74, 6) is -0.655. The lowest BCUT2D eigenvalue weighted by Gasteiger charge is -2.40. The molecule has 3 nitrogen and oxygen atoms in total. The number of benzene rings is 1. The first-order valence-corrected chi connectivity index (χ1v) is 7.21. The van der Waals surface area contributed by atoms with E-state index in [1.807, 2.05) is 43.3 Å². The fourth-order valence-electron chi connectivity index (χ4n) is 3.36. The molecule has 0 bridgehead atoms. The number of allylic oxidation sites excluding steroid dienone is 2. The highest BCUT2D eigenvalue weighted by Crippen LogP contribution is 2.46.